The summed E-state index contributed by atoms with van der Waals surface area (Å²) in [5.41, 5.74) is 2.64. The molecule has 0 aliphatic carbocycles. The maximum absolute atomic E-state index is 12.3. The fourth-order valence-corrected chi connectivity index (χ4v) is 3.04. The van der Waals surface area contributed by atoms with Crippen molar-refractivity contribution in [3.8, 4) is 0 Å². The van der Waals surface area contributed by atoms with Crippen LogP contribution in [0.3, 0.4) is 0 Å². The Labute approximate surface area is 158 Å². The Hall–Kier alpha value is -2.38. The quantitative estimate of drug-likeness (QED) is 0.863. The number of nitrogens with zero attached hydrogens (tertiary/aromatic N) is 4. The lowest BCUT2D eigenvalue weighted by Crippen LogP contribution is -2.45. The number of para-hydroxylation sites is 1. The van der Waals surface area contributed by atoms with Crippen molar-refractivity contribution in [3.05, 3.63) is 40.7 Å². The Balaban J connectivity index is 1.72. The van der Waals surface area contributed by atoms with Crippen LogP contribution in [-0.2, 0) is 0 Å². The molecule has 1 fully saturated rings. The highest BCUT2D eigenvalue weighted by Gasteiger charge is 2.19. The first kappa shape index (κ1) is 18.4. The molecule has 138 valence electrons. The number of hydrogen-bond acceptors (Lipinski definition) is 5. The molecule has 2 aromatic rings. The average molecular weight is 375 g/mol. The minimum atomic E-state index is -0.375. The Bertz CT molecular complexity index is 781. The molecule has 2 N–H and O–H groups in total. The topological polar surface area (TPSA) is 73.4 Å². The van der Waals surface area contributed by atoms with Gasteiger partial charge in [0.1, 0.15) is 0 Å². The first-order valence-electron chi connectivity index (χ1n) is 8.55. The maximum Gasteiger partial charge on any atom is 0.323 e. The summed E-state index contributed by atoms with van der Waals surface area (Å²) in [4.78, 5) is 25.9. The molecule has 2 amide bonds. The lowest BCUT2D eigenvalue weighted by Gasteiger charge is -2.32. The number of likely N-dealkylation sites (N-methyl/N-ethyl adjacent to an activating group) is 1. The Kier molecular flexibility index (Phi) is 5.58. The zero-order valence-electron chi connectivity index (χ0n) is 15.2. The van der Waals surface area contributed by atoms with Gasteiger partial charge in [-0.05, 0) is 33.0 Å². The molecule has 1 aliphatic heterocycles. The molecule has 7 nitrogen and oxygen atoms in total. The molecule has 26 heavy (non-hydrogen) atoms. The first-order valence-corrected chi connectivity index (χ1v) is 8.93. The number of aromatic nitrogens is 2. The Morgan fingerprint density at radius 3 is 2.27 bits per heavy atom. The Morgan fingerprint density at radius 1 is 1.04 bits per heavy atom. The second-order valence-corrected chi connectivity index (χ2v) is 6.83. The zero-order valence-corrected chi connectivity index (χ0v) is 16.0. The summed E-state index contributed by atoms with van der Waals surface area (Å²) in [6, 6.07) is 6.72. The molecule has 8 heteroatoms. The number of nitrogens with one attached hydrogen (secondary N) is 2. The van der Waals surface area contributed by atoms with Gasteiger partial charge in [0.15, 0.2) is 0 Å². The molecule has 1 aromatic carbocycles. The van der Waals surface area contributed by atoms with Crippen LogP contribution in [0.4, 0.5) is 22.1 Å². The van der Waals surface area contributed by atoms with Gasteiger partial charge in [-0.15, -0.1) is 0 Å². The van der Waals surface area contributed by atoms with Crippen molar-refractivity contribution in [1.29, 1.82) is 0 Å². The van der Waals surface area contributed by atoms with Crippen LogP contribution < -0.4 is 15.5 Å². The van der Waals surface area contributed by atoms with Crippen LogP contribution in [0.1, 0.15) is 11.4 Å². The van der Waals surface area contributed by atoms with Gasteiger partial charge in [0.2, 0.25) is 5.95 Å². The minimum absolute atomic E-state index is 0.375. The fourth-order valence-electron chi connectivity index (χ4n) is 2.86. The van der Waals surface area contributed by atoms with Gasteiger partial charge in [0.05, 0.1) is 27.8 Å². The van der Waals surface area contributed by atoms with Crippen LogP contribution in [0.15, 0.2) is 24.3 Å². The van der Waals surface area contributed by atoms with E-state index in [-0.39, 0.29) is 6.03 Å². The number of halogens is 1. The summed E-state index contributed by atoms with van der Waals surface area (Å²) in [5, 5.41) is 6.06. The van der Waals surface area contributed by atoms with Gasteiger partial charge in [-0.3, -0.25) is 0 Å². The predicted molar refractivity (Wildman–Crippen MR) is 105 cm³/mol. The van der Waals surface area contributed by atoms with Crippen LogP contribution in [0.25, 0.3) is 0 Å². The first-order chi connectivity index (χ1) is 12.4. The lowest BCUT2D eigenvalue weighted by molar-refractivity contribution is 0.262. The van der Waals surface area contributed by atoms with Gasteiger partial charge in [-0.1, -0.05) is 23.7 Å². The van der Waals surface area contributed by atoms with E-state index in [0.717, 1.165) is 37.6 Å². The highest BCUT2D eigenvalue weighted by molar-refractivity contribution is 6.33. The van der Waals surface area contributed by atoms with E-state index in [9.17, 15) is 4.79 Å². The normalized spacial score (nSPS) is 15.0. The Morgan fingerprint density at radius 2 is 1.65 bits per heavy atom. The van der Waals surface area contributed by atoms with Gasteiger partial charge in [0, 0.05) is 26.2 Å². The second kappa shape index (κ2) is 7.88. The second-order valence-electron chi connectivity index (χ2n) is 6.42. The number of hydrogen-bond donors (Lipinski definition) is 2. The van der Waals surface area contributed by atoms with Crippen molar-refractivity contribution >= 4 is 35.0 Å². The largest absolute Gasteiger partial charge is 0.338 e. The number of aryl methyl sites for hydroxylation is 2. The third-order valence-corrected chi connectivity index (χ3v) is 4.74. The number of benzene rings is 1. The van der Waals surface area contributed by atoms with Crippen molar-refractivity contribution in [2.24, 2.45) is 0 Å². The number of piperazine rings is 1. The van der Waals surface area contributed by atoms with E-state index in [1.54, 1.807) is 12.1 Å². The van der Waals surface area contributed by atoms with E-state index in [1.165, 1.54) is 0 Å². The highest BCUT2D eigenvalue weighted by Crippen LogP contribution is 2.23. The molecule has 2 heterocycles. The number of amides is 2. The lowest BCUT2D eigenvalue weighted by atomic mass is 10.2. The molecular weight excluding hydrogens is 352 g/mol. The number of anilines is 3. The van der Waals surface area contributed by atoms with E-state index in [2.05, 4.69) is 37.4 Å². The van der Waals surface area contributed by atoms with E-state index in [0.29, 0.717) is 22.3 Å². The van der Waals surface area contributed by atoms with Crippen molar-refractivity contribution < 1.29 is 4.79 Å². The molecule has 0 atom stereocenters. The summed E-state index contributed by atoms with van der Waals surface area (Å²) < 4.78 is 0. The average Bonchev–Trinajstić information content (AvgIpc) is 2.60. The molecule has 0 bridgehead atoms. The monoisotopic (exact) mass is 374 g/mol. The fraction of sp³-hybridized carbons (Fsp3) is 0.389. The van der Waals surface area contributed by atoms with Crippen molar-refractivity contribution in [2.45, 2.75) is 13.8 Å². The molecular formula is C18H23ClN6O. The molecule has 1 aliphatic rings. The summed E-state index contributed by atoms with van der Waals surface area (Å²) in [6.07, 6.45) is 0. The van der Waals surface area contributed by atoms with Crippen molar-refractivity contribution in [2.75, 3.05) is 48.8 Å². The highest BCUT2D eigenvalue weighted by atomic mass is 35.5. The van der Waals surface area contributed by atoms with Gasteiger partial charge >= 0.3 is 6.03 Å². The molecule has 0 unspecified atom stereocenters. The SMILES string of the molecule is Cc1nc(N2CCN(C)CC2)nc(C)c1NC(=O)Nc1ccccc1Cl. The molecule has 0 saturated carbocycles. The number of rotatable bonds is 3. The number of carbonyl (C=O) groups excluding carboxylic acids is 1. The summed E-state index contributed by atoms with van der Waals surface area (Å²) in [6.45, 7) is 7.52. The van der Waals surface area contributed by atoms with Gasteiger partial charge in [-0.2, -0.15) is 0 Å². The van der Waals surface area contributed by atoms with Crippen molar-refractivity contribution in [1.82, 2.24) is 14.9 Å². The van der Waals surface area contributed by atoms with Gasteiger partial charge < -0.3 is 20.4 Å². The molecule has 1 aromatic heterocycles. The van der Waals surface area contributed by atoms with E-state index in [4.69, 9.17) is 11.6 Å². The third-order valence-electron chi connectivity index (χ3n) is 4.41. The molecule has 3 rings (SSSR count). The molecule has 0 spiro atoms. The van der Waals surface area contributed by atoms with Crippen LogP contribution in [0, 0.1) is 13.8 Å². The van der Waals surface area contributed by atoms with E-state index in [1.807, 2.05) is 26.0 Å². The maximum atomic E-state index is 12.3. The summed E-state index contributed by atoms with van der Waals surface area (Å²) in [5.74, 6) is 0.713. The third kappa shape index (κ3) is 4.23. The van der Waals surface area contributed by atoms with E-state index < -0.39 is 0 Å². The summed E-state index contributed by atoms with van der Waals surface area (Å²) >= 11 is 6.07. The smallest absolute Gasteiger partial charge is 0.323 e. The van der Waals surface area contributed by atoms with Crippen LogP contribution in [0.2, 0.25) is 5.02 Å². The molecule has 1 saturated heterocycles. The standard InChI is InChI=1S/C18H23ClN6O/c1-12-16(23-18(26)22-15-7-5-4-6-14(15)19)13(2)21-17(20-12)25-10-8-24(3)9-11-25/h4-7H,8-11H2,1-3H3,(H2,22,23,26). The summed E-state index contributed by atoms with van der Waals surface area (Å²) in [7, 11) is 2.11. The minimum Gasteiger partial charge on any atom is -0.338 e. The van der Waals surface area contributed by atoms with Gasteiger partial charge in [-0.25, -0.2) is 14.8 Å². The number of urea groups is 1. The van der Waals surface area contributed by atoms with Gasteiger partial charge in [0.25, 0.3) is 0 Å². The van der Waals surface area contributed by atoms with Crippen molar-refractivity contribution in [3.63, 3.8) is 0 Å². The van der Waals surface area contributed by atoms with E-state index >= 15 is 0 Å². The molecule has 0 radical (unpaired) electrons. The number of carbonyl (C=O) groups is 1. The predicted octanol–water partition coefficient (Wildman–Crippen LogP) is 3.14. The van der Waals surface area contributed by atoms with Crippen LogP contribution >= 0.6 is 11.6 Å². The van der Waals surface area contributed by atoms with Crippen LogP contribution in [-0.4, -0.2) is 54.1 Å². The zero-order chi connectivity index (χ0) is 18.7. The van der Waals surface area contributed by atoms with Crippen LogP contribution in [0.5, 0.6) is 0 Å².